The summed E-state index contributed by atoms with van der Waals surface area (Å²) in [5.74, 6) is 0.845. The van der Waals surface area contributed by atoms with Crippen LogP contribution in [0.5, 0.6) is 0 Å². The lowest BCUT2D eigenvalue weighted by Gasteiger charge is -2.16. The highest BCUT2D eigenvalue weighted by Crippen LogP contribution is 2.19. The van der Waals surface area contributed by atoms with Crippen molar-refractivity contribution in [3.63, 3.8) is 0 Å². The smallest absolute Gasteiger partial charge is 0.150 e. The van der Waals surface area contributed by atoms with E-state index in [0.29, 0.717) is 12.6 Å². The highest BCUT2D eigenvalue weighted by Gasteiger charge is 2.09. The molecule has 0 saturated carbocycles. The third-order valence-electron chi connectivity index (χ3n) is 2.69. The number of nitrogens with zero attached hydrogens (tertiary/aromatic N) is 1. The second-order valence-electron chi connectivity index (χ2n) is 3.87. The van der Waals surface area contributed by atoms with Gasteiger partial charge in [-0.05, 0) is 24.1 Å². The van der Waals surface area contributed by atoms with Gasteiger partial charge in [0.2, 0.25) is 0 Å². The molecule has 0 aliphatic rings. The van der Waals surface area contributed by atoms with Crippen molar-refractivity contribution in [2.45, 2.75) is 25.9 Å². The highest BCUT2D eigenvalue weighted by atomic mass is 35.5. The normalized spacial score (nSPS) is 12.6. The summed E-state index contributed by atoms with van der Waals surface area (Å²) in [5, 5.41) is 7.87. The van der Waals surface area contributed by atoms with Gasteiger partial charge >= 0.3 is 0 Å². The topological polar surface area (TPSA) is 38.1 Å². The van der Waals surface area contributed by atoms with Gasteiger partial charge in [-0.2, -0.15) is 0 Å². The molecule has 0 aliphatic carbocycles. The summed E-state index contributed by atoms with van der Waals surface area (Å²) in [6, 6.07) is 10.1. The monoisotopic (exact) mass is 250 g/mol. The van der Waals surface area contributed by atoms with Gasteiger partial charge in [0.25, 0.3) is 0 Å². The average Bonchev–Trinajstić information content (AvgIpc) is 2.85. The second-order valence-corrected chi connectivity index (χ2v) is 4.31. The minimum absolute atomic E-state index is 0.303. The number of benzene rings is 1. The van der Waals surface area contributed by atoms with Crippen molar-refractivity contribution in [3.05, 3.63) is 52.9 Å². The Hall–Kier alpha value is -1.32. The molecule has 1 aromatic carbocycles. The predicted octanol–water partition coefficient (Wildman–Crippen LogP) is 3.57. The van der Waals surface area contributed by atoms with Gasteiger partial charge in [0.05, 0.1) is 12.7 Å². The summed E-state index contributed by atoms with van der Waals surface area (Å²) in [6.45, 7) is 2.83. The first-order valence-electron chi connectivity index (χ1n) is 5.68. The molecular weight excluding hydrogens is 236 g/mol. The minimum Gasteiger partial charge on any atom is -0.360 e. The summed E-state index contributed by atoms with van der Waals surface area (Å²) >= 11 is 5.87. The van der Waals surface area contributed by atoms with Gasteiger partial charge in [-0.15, -0.1) is 0 Å². The van der Waals surface area contributed by atoms with E-state index in [4.69, 9.17) is 16.1 Å². The van der Waals surface area contributed by atoms with Crippen molar-refractivity contribution in [2.75, 3.05) is 0 Å². The standard InChI is InChI=1S/C13H15ClN2O/c1-2-13(10-3-5-11(14)6-4-10)15-9-12-7-8-16-17-12/h3-8,13,15H,2,9H2,1H3. The number of nitrogens with one attached hydrogen (secondary N) is 1. The maximum atomic E-state index is 5.87. The lowest BCUT2D eigenvalue weighted by atomic mass is 10.0. The van der Waals surface area contributed by atoms with Crippen molar-refractivity contribution in [3.8, 4) is 0 Å². The molecule has 1 unspecified atom stereocenters. The van der Waals surface area contributed by atoms with Gasteiger partial charge in [-0.1, -0.05) is 35.8 Å². The molecule has 1 N–H and O–H groups in total. The van der Waals surface area contributed by atoms with E-state index in [1.165, 1.54) is 5.56 Å². The number of halogens is 1. The molecule has 0 fully saturated rings. The molecule has 1 aromatic heterocycles. The van der Waals surface area contributed by atoms with Crippen LogP contribution in [0.15, 0.2) is 41.1 Å². The lowest BCUT2D eigenvalue weighted by Crippen LogP contribution is -2.19. The Morgan fingerprint density at radius 1 is 1.29 bits per heavy atom. The molecule has 2 rings (SSSR count). The molecular formula is C13H15ClN2O. The summed E-state index contributed by atoms with van der Waals surface area (Å²) in [6.07, 6.45) is 2.66. The largest absolute Gasteiger partial charge is 0.360 e. The number of aromatic nitrogens is 1. The Labute approximate surface area is 106 Å². The fourth-order valence-electron chi connectivity index (χ4n) is 1.75. The molecule has 90 valence electrons. The molecule has 0 saturated heterocycles. The maximum absolute atomic E-state index is 5.87. The molecule has 0 aliphatic heterocycles. The third-order valence-corrected chi connectivity index (χ3v) is 2.95. The number of hydrogen-bond acceptors (Lipinski definition) is 3. The molecule has 4 heteroatoms. The van der Waals surface area contributed by atoms with E-state index >= 15 is 0 Å². The maximum Gasteiger partial charge on any atom is 0.150 e. The number of hydrogen-bond donors (Lipinski definition) is 1. The average molecular weight is 251 g/mol. The molecule has 1 atom stereocenters. The summed E-state index contributed by atoms with van der Waals surface area (Å²) in [5.41, 5.74) is 1.23. The highest BCUT2D eigenvalue weighted by molar-refractivity contribution is 6.30. The van der Waals surface area contributed by atoms with E-state index in [1.54, 1.807) is 6.20 Å². The Kier molecular flexibility index (Phi) is 4.18. The van der Waals surface area contributed by atoms with Gasteiger partial charge in [0, 0.05) is 17.1 Å². The zero-order valence-corrected chi connectivity index (χ0v) is 10.4. The van der Waals surface area contributed by atoms with Crippen molar-refractivity contribution in [2.24, 2.45) is 0 Å². The van der Waals surface area contributed by atoms with Crippen LogP contribution in [-0.2, 0) is 6.54 Å². The first kappa shape index (κ1) is 12.1. The first-order valence-corrected chi connectivity index (χ1v) is 6.06. The summed E-state index contributed by atoms with van der Waals surface area (Å²) < 4.78 is 5.05. The second kappa shape index (κ2) is 5.84. The third kappa shape index (κ3) is 3.32. The molecule has 2 aromatic rings. The zero-order chi connectivity index (χ0) is 12.1. The van der Waals surface area contributed by atoms with Crippen LogP contribution in [0.2, 0.25) is 5.02 Å². The summed E-state index contributed by atoms with van der Waals surface area (Å²) in [7, 11) is 0. The summed E-state index contributed by atoms with van der Waals surface area (Å²) in [4.78, 5) is 0. The molecule has 0 radical (unpaired) electrons. The van der Waals surface area contributed by atoms with Crippen LogP contribution in [0.1, 0.15) is 30.7 Å². The molecule has 17 heavy (non-hydrogen) atoms. The van der Waals surface area contributed by atoms with Crippen molar-refractivity contribution in [1.82, 2.24) is 10.5 Å². The first-order chi connectivity index (χ1) is 8.29. The van der Waals surface area contributed by atoms with Crippen LogP contribution in [0.3, 0.4) is 0 Å². The van der Waals surface area contributed by atoms with Gasteiger partial charge < -0.3 is 9.84 Å². The van der Waals surface area contributed by atoms with Gasteiger partial charge in [0.15, 0.2) is 0 Å². The predicted molar refractivity (Wildman–Crippen MR) is 67.8 cm³/mol. The quantitative estimate of drug-likeness (QED) is 0.882. The lowest BCUT2D eigenvalue weighted by molar-refractivity contribution is 0.362. The van der Waals surface area contributed by atoms with Crippen LogP contribution in [0.4, 0.5) is 0 Å². The minimum atomic E-state index is 0.303. The van der Waals surface area contributed by atoms with Crippen molar-refractivity contribution in [1.29, 1.82) is 0 Å². The SMILES string of the molecule is CCC(NCc1ccno1)c1ccc(Cl)cc1. The van der Waals surface area contributed by atoms with Crippen molar-refractivity contribution < 1.29 is 4.52 Å². The Bertz CT molecular complexity index is 439. The fraction of sp³-hybridized carbons (Fsp3) is 0.308. The van der Waals surface area contributed by atoms with Crippen LogP contribution < -0.4 is 5.32 Å². The van der Waals surface area contributed by atoms with E-state index in [2.05, 4.69) is 17.4 Å². The van der Waals surface area contributed by atoms with Crippen LogP contribution in [0, 0.1) is 0 Å². The Balaban J connectivity index is 1.99. The fourth-order valence-corrected chi connectivity index (χ4v) is 1.88. The van der Waals surface area contributed by atoms with E-state index in [9.17, 15) is 0 Å². The van der Waals surface area contributed by atoms with Crippen molar-refractivity contribution >= 4 is 11.6 Å². The van der Waals surface area contributed by atoms with Crippen LogP contribution in [0.25, 0.3) is 0 Å². The Morgan fingerprint density at radius 3 is 2.65 bits per heavy atom. The van der Waals surface area contributed by atoms with Gasteiger partial charge in [0.1, 0.15) is 5.76 Å². The zero-order valence-electron chi connectivity index (χ0n) is 9.69. The van der Waals surface area contributed by atoms with E-state index in [-0.39, 0.29) is 0 Å². The molecule has 0 bridgehead atoms. The van der Waals surface area contributed by atoms with Gasteiger partial charge in [-0.25, -0.2) is 0 Å². The van der Waals surface area contributed by atoms with Crippen LogP contribution >= 0.6 is 11.6 Å². The van der Waals surface area contributed by atoms with E-state index in [1.807, 2.05) is 30.3 Å². The van der Waals surface area contributed by atoms with E-state index < -0.39 is 0 Å². The molecule has 1 heterocycles. The van der Waals surface area contributed by atoms with Gasteiger partial charge in [-0.3, -0.25) is 0 Å². The molecule has 0 amide bonds. The number of rotatable bonds is 5. The van der Waals surface area contributed by atoms with Crippen LogP contribution in [-0.4, -0.2) is 5.16 Å². The molecule has 3 nitrogen and oxygen atoms in total. The van der Waals surface area contributed by atoms with E-state index in [0.717, 1.165) is 17.2 Å². The molecule has 0 spiro atoms. The Morgan fingerprint density at radius 2 is 2.06 bits per heavy atom.